The molecule has 0 radical (unpaired) electrons. The van der Waals surface area contributed by atoms with Gasteiger partial charge in [-0.1, -0.05) is 42.3 Å². The summed E-state index contributed by atoms with van der Waals surface area (Å²) >= 11 is 6.05. The third kappa shape index (κ3) is 5.59. The van der Waals surface area contributed by atoms with Gasteiger partial charge in [0.1, 0.15) is 0 Å². The van der Waals surface area contributed by atoms with Gasteiger partial charge in [-0.3, -0.25) is 20.4 Å². The third-order valence-electron chi connectivity index (χ3n) is 4.91. The van der Waals surface area contributed by atoms with Crippen molar-refractivity contribution in [3.63, 3.8) is 0 Å². The van der Waals surface area contributed by atoms with Crippen LogP contribution in [0, 0.1) is 6.92 Å². The van der Waals surface area contributed by atoms with Crippen LogP contribution in [0.3, 0.4) is 0 Å². The molecule has 3 rings (SSSR count). The summed E-state index contributed by atoms with van der Waals surface area (Å²) in [5.41, 5.74) is 7.09. The molecule has 3 aromatic rings. The van der Waals surface area contributed by atoms with E-state index in [0.717, 1.165) is 9.87 Å². The Balaban J connectivity index is 1.65. The summed E-state index contributed by atoms with van der Waals surface area (Å²) in [5.74, 6) is -1.26. The number of amides is 2. The number of nitrogens with one attached hydrogen (secondary N) is 2. The van der Waals surface area contributed by atoms with Crippen LogP contribution < -0.4 is 10.9 Å². The lowest BCUT2D eigenvalue weighted by Gasteiger charge is -2.17. The van der Waals surface area contributed by atoms with E-state index in [1.807, 2.05) is 19.9 Å². The molecule has 11 heteroatoms. The molecule has 0 saturated heterocycles. The average Bonchev–Trinajstić information content (AvgIpc) is 3.22. The highest BCUT2D eigenvalue weighted by atomic mass is 35.5. The predicted octanol–water partition coefficient (Wildman–Crippen LogP) is 2.48. The minimum absolute atomic E-state index is 0.0773. The molecule has 0 spiro atoms. The van der Waals surface area contributed by atoms with Crippen molar-refractivity contribution in [2.45, 2.75) is 25.2 Å². The first-order chi connectivity index (χ1) is 15.6. The number of rotatable bonds is 7. The summed E-state index contributed by atoms with van der Waals surface area (Å²) in [6.07, 6.45) is 1.90. The molecule has 0 aliphatic rings. The van der Waals surface area contributed by atoms with Gasteiger partial charge in [-0.2, -0.15) is 9.40 Å². The van der Waals surface area contributed by atoms with E-state index >= 15 is 0 Å². The number of carbonyl (C=O) groups is 2. The fourth-order valence-electron chi connectivity index (χ4n) is 3.14. The zero-order chi connectivity index (χ0) is 24.2. The van der Waals surface area contributed by atoms with Gasteiger partial charge in [0.25, 0.3) is 11.8 Å². The monoisotopic (exact) mass is 489 g/mol. The van der Waals surface area contributed by atoms with Crippen LogP contribution in [0.5, 0.6) is 0 Å². The topological polar surface area (TPSA) is 113 Å². The van der Waals surface area contributed by atoms with Crippen molar-refractivity contribution in [1.29, 1.82) is 0 Å². The number of benzene rings is 2. The van der Waals surface area contributed by atoms with E-state index in [1.54, 1.807) is 35.0 Å². The number of sulfonamides is 1. The Labute approximate surface area is 197 Å². The van der Waals surface area contributed by atoms with E-state index in [1.165, 1.54) is 25.4 Å². The van der Waals surface area contributed by atoms with Crippen LogP contribution in [0.15, 0.2) is 59.6 Å². The lowest BCUT2D eigenvalue weighted by molar-refractivity contribution is -0.121. The number of hydrogen-bond acceptors (Lipinski definition) is 5. The van der Waals surface area contributed by atoms with Gasteiger partial charge >= 0.3 is 0 Å². The number of likely N-dealkylation sites (N-methyl/N-ethyl adjacent to an activating group) is 1. The van der Waals surface area contributed by atoms with Crippen molar-refractivity contribution < 1.29 is 18.0 Å². The maximum absolute atomic E-state index is 12.6. The Bertz CT molecular complexity index is 1270. The lowest BCUT2D eigenvalue weighted by Crippen LogP contribution is -2.46. The highest BCUT2D eigenvalue weighted by Crippen LogP contribution is 2.19. The van der Waals surface area contributed by atoms with Gasteiger partial charge in [0, 0.05) is 12.1 Å². The van der Waals surface area contributed by atoms with Gasteiger partial charge in [0.15, 0.2) is 0 Å². The molecular weight excluding hydrogens is 466 g/mol. The van der Waals surface area contributed by atoms with Gasteiger partial charge in [0.05, 0.1) is 34.6 Å². The molecule has 0 bridgehead atoms. The summed E-state index contributed by atoms with van der Waals surface area (Å²) < 4.78 is 27.8. The second-order valence-corrected chi connectivity index (χ2v) is 9.81. The number of aromatic nitrogens is 2. The molecule has 0 aliphatic carbocycles. The van der Waals surface area contributed by atoms with Crippen molar-refractivity contribution >= 4 is 33.4 Å². The molecule has 2 N–H and O–H groups in total. The van der Waals surface area contributed by atoms with E-state index in [-0.39, 0.29) is 10.5 Å². The van der Waals surface area contributed by atoms with E-state index in [9.17, 15) is 18.0 Å². The van der Waals surface area contributed by atoms with Crippen LogP contribution in [0.2, 0.25) is 5.02 Å². The molecule has 1 heterocycles. The molecule has 0 atom stereocenters. The maximum atomic E-state index is 12.6. The first-order valence-electron chi connectivity index (χ1n) is 10.1. The molecule has 174 valence electrons. The van der Waals surface area contributed by atoms with Gasteiger partial charge in [-0.05, 0) is 43.7 Å². The number of nitrogens with zero attached hydrogens (tertiary/aromatic N) is 3. The van der Waals surface area contributed by atoms with Crippen LogP contribution in [-0.4, -0.2) is 47.9 Å². The Morgan fingerprint density at radius 2 is 1.82 bits per heavy atom. The standard InChI is InChI=1S/C22H24ClN5O4S/c1-4-20-19(13-24-28(20)17-7-5-6-16(23)12-17)22(30)26-25-21(29)14-27(3)33(31,32)18-10-8-15(2)9-11-18/h5-13H,4,14H2,1-3H3,(H,25,29)(H,26,30). The third-order valence-corrected chi connectivity index (χ3v) is 6.96. The summed E-state index contributed by atoms with van der Waals surface area (Å²) in [6.45, 7) is 3.25. The average molecular weight is 490 g/mol. The Kier molecular flexibility index (Phi) is 7.52. The Morgan fingerprint density at radius 3 is 2.45 bits per heavy atom. The van der Waals surface area contributed by atoms with E-state index in [2.05, 4.69) is 16.0 Å². The summed E-state index contributed by atoms with van der Waals surface area (Å²) in [4.78, 5) is 25.0. The molecule has 2 aromatic carbocycles. The summed E-state index contributed by atoms with van der Waals surface area (Å²) in [7, 11) is -2.55. The first kappa shape index (κ1) is 24.4. The van der Waals surface area contributed by atoms with Crippen molar-refractivity contribution in [2.24, 2.45) is 0 Å². The fourth-order valence-corrected chi connectivity index (χ4v) is 4.46. The molecule has 1 aromatic heterocycles. The normalized spacial score (nSPS) is 11.4. The molecular formula is C22H24ClN5O4S. The zero-order valence-corrected chi connectivity index (χ0v) is 19.9. The smallest absolute Gasteiger partial charge is 0.272 e. The molecule has 0 saturated carbocycles. The molecule has 0 aliphatic heterocycles. The van der Waals surface area contributed by atoms with Crippen molar-refractivity contribution in [3.05, 3.63) is 76.6 Å². The minimum Gasteiger partial charge on any atom is -0.272 e. The molecule has 9 nitrogen and oxygen atoms in total. The highest BCUT2D eigenvalue weighted by molar-refractivity contribution is 7.89. The van der Waals surface area contributed by atoms with Gasteiger partial charge in [0.2, 0.25) is 10.0 Å². The molecule has 0 unspecified atom stereocenters. The van der Waals surface area contributed by atoms with Crippen molar-refractivity contribution in [3.8, 4) is 5.69 Å². The second-order valence-electron chi connectivity index (χ2n) is 7.33. The number of aryl methyl sites for hydroxylation is 1. The Morgan fingerprint density at radius 1 is 1.12 bits per heavy atom. The van der Waals surface area contributed by atoms with Crippen LogP contribution in [0.25, 0.3) is 5.69 Å². The highest BCUT2D eigenvalue weighted by Gasteiger charge is 2.23. The van der Waals surface area contributed by atoms with Gasteiger partial charge in [-0.15, -0.1) is 0 Å². The maximum Gasteiger partial charge on any atom is 0.273 e. The lowest BCUT2D eigenvalue weighted by atomic mass is 10.2. The number of carbonyl (C=O) groups excluding carboxylic acids is 2. The second kappa shape index (κ2) is 10.2. The number of hydrazine groups is 1. The number of hydrogen-bond donors (Lipinski definition) is 2. The van der Waals surface area contributed by atoms with Crippen LogP contribution >= 0.6 is 11.6 Å². The quantitative estimate of drug-likeness (QED) is 0.495. The zero-order valence-electron chi connectivity index (χ0n) is 18.4. The number of halogens is 1. The van der Waals surface area contributed by atoms with E-state index < -0.39 is 28.4 Å². The summed E-state index contributed by atoms with van der Waals surface area (Å²) in [5, 5.41) is 4.80. The molecule has 33 heavy (non-hydrogen) atoms. The first-order valence-corrected chi connectivity index (χ1v) is 11.9. The summed E-state index contributed by atoms with van der Waals surface area (Å²) in [6, 6.07) is 13.4. The Hall–Kier alpha value is -3.21. The predicted molar refractivity (Wildman–Crippen MR) is 125 cm³/mol. The van der Waals surface area contributed by atoms with E-state index in [0.29, 0.717) is 22.8 Å². The molecule has 2 amide bonds. The van der Waals surface area contributed by atoms with Gasteiger partial charge in [-0.25, -0.2) is 13.1 Å². The van der Waals surface area contributed by atoms with Crippen LogP contribution in [-0.2, 0) is 21.2 Å². The van der Waals surface area contributed by atoms with Gasteiger partial charge < -0.3 is 0 Å². The minimum atomic E-state index is -3.85. The van der Waals surface area contributed by atoms with Crippen LogP contribution in [0.1, 0.15) is 28.5 Å². The molecule has 0 fully saturated rings. The van der Waals surface area contributed by atoms with E-state index in [4.69, 9.17) is 11.6 Å². The van der Waals surface area contributed by atoms with Crippen molar-refractivity contribution in [2.75, 3.05) is 13.6 Å². The van der Waals surface area contributed by atoms with Crippen LogP contribution in [0.4, 0.5) is 0 Å². The van der Waals surface area contributed by atoms with Crippen molar-refractivity contribution in [1.82, 2.24) is 24.9 Å². The largest absolute Gasteiger partial charge is 0.273 e. The SMILES string of the molecule is CCc1c(C(=O)NNC(=O)CN(C)S(=O)(=O)c2ccc(C)cc2)cnn1-c1cccc(Cl)c1. The fraction of sp³-hybridized carbons (Fsp3) is 0.227.